The Kier molecular flexibility index (Phi) is 9.02. The number of halogens is 1. The van der Waals surface area contributed by atoms with E-state index in [-0.39, 0.29) is 24.0 Å². The van der Waals surface area contributed by atoms with Gasteiger partial charge in [0.1, 0.15) is 0 Å². The van der Waals surface area contributed by atoms with Gasteiger partial charge in [-0.3, -0.25) is 4.99 Å². The summed E-state index contributed by atoms with van der Waals surface area (Å²) in [6.45, 7) is 9.68. The van der Waals surface area contributed by atoms with Gasteiger partial charge in [0.15, 0.2) is 5.96 Å². The van der Waals surface area contributed by atoms with Gasteiger partial charge in [-0.25, -0.2) is 0 Å². The van der Waals surface area contributed by atoms with Crippen molar-refractivity contribution >= 4 is 29.9 Å². The first kappa shape index (κ1) is 16.0. The van der Waals surface area contributed by atoms with Crippen molar-refractivity contribution in [3.8, 4) is 0 Å². The standard InChI is InChI=1S/C11H24N4.HI/c1-3-6-13-11(12)14-8-10-5-7-15(4-2)9-10;/h10H,3-9H2,1-2H3,(H3,12,13,14);1H. The van der Waals surface area contributed by atoms with Crippen molar-refractivity contribution in [2.75, 3.05) is 32.7 Å². The first-order valence-electron chi connectivity index (χ1n) is 6.02. The average molecular weight is 340 g/mol. The van der Waals surface area contributed by atoms with E-state index < -0.39 is 0 Å². The highest BCUT2D eigenvalue weighted by Gasteiger charge is 2.20. The summed E-state index contributed by atoms with van der Waals surface area (Å²) in [7, 11) is 0. The maximum Gasteiger partial charge on any atom is 0.188 e. The predicted molar refractivity (Wildman–Crippen MR) is 80.4 cm³/mol. The number of nitrogens with one attached hydrogen (secondary N) is 1. The number of likely N-dealkylation sites (tertiary alicyclic amines) is 1. The lowest BCUT2D eigenvalue weighted by molar-refractivity contribution is 0.343. The van der Waals surface area contributed by atoms with Crippen molar-refractivity contribution in [3.05, 3.63) is 0 Å². The van der Waals surface area contributed by atoms with Crippen LogP contribution in [0, 0.1) is 5.92 Å². The predicted octanol–water partition coefficient (Wildman–Crippen LogP) is 1.26. The van der Waals surface area contributed by atoms with Crippen LogP contribution < -0.4 is 11.1 Å². The van der Waals surface area contributed by atoms with Gasteiger partial charge >= 0.3 is 0 Å². The third kappa shape index (κ3) is 5.89. The highest BCUT2D eigenvalue weighted by Crippen LogP contribution is 2.15. The van der Waals surface area contributed by atoms with Crippen molar-refractivity contribution < 1.29 is 0 Å². The Hall–Kier alpha value is -0.0400. The number of nitrogens with two attached hydrogens (primary N) is 1. The number of nitrogens with zero attached hydrogens (tertiary/aromatic N) is 2. The first-order valence-corrected chi connectivity index (χ1v) is 6.02. The zero-order chi connectivity index (χ0) is 11.1. The molecule has 4 nitrogen and oxygen atoms in total. The van der Waals surface area contributed by atoms with Crippen molar-refractivity contribution in [2.45, 2.75) is 26.7 Å². The van der Waals surface area contributed by atoms with Gasteiger partial charge in [-0.2, -0.15) is 0 Å². The van der Waals surface area contributed by atoms with Gasteiger partial charge in [0.25, 0.3) is 0 Å². The van der Waals surface area contributed by atoms with Crippen molar-refractivity contribution in [1.29, 1.82) is 0 Å². The molecule has 1 saturated heterocycles. The molecular weight excluding hydrogens is 315 g/mol. The normalized spacial score (nSPS) is 21.9. The topological polar surface area (TPSA) is 53.6 Å². The van der Waals surface area contributed by atoms with Crippen LogP contribution in [0.2, 0.25) is 0 Å². The fraction of sp³-hybridized carbons (Fsp3) is 0.909. The molecule has 1 aliphatic heterocycles. The fourth-order valence-corrected chi connectivity index (χ4v) is 1.89. The maximum absolute atomic E-state index is 5.73. The lowest BCUT2D eigenvalue weighted by atomic mass is 10.1. The molecule has 0 spiro atoms. The summed E-state index contributed by atoms with van der Waals surface area (Å²) in [5, 5.41) is 3.10. The molecule has 3 N–H and O–H groups in total. The molecule has 1 heterocycles. The molecule has 16 heavy (non-hydrogen) atoms. The molecule has 0 aromatic rings. The third-order valence-corrected chi connectivity index (χ3v) is 2.89. The monoisotopic (exact) mass is 340 g/mol. The van der Waals surface area contributed by atoms with Crippen LogP contribution in [0.15, 0.2) is 4.99 Å². The largest absolute Gasteiger partial charge is 0.370 e. The van der Waals surface area contributed by atoms with E-state index in [2.05, 4.69) is 29.1 Å². The molecule has 96 valence electrons. The first-order chi connectivity index (χ1) is 7.26. The molecule has 5 heteroatoms. The summed E-state index contributed by atoms with van der Waals surface area (Å²) >= 11 is 0. The molecule has 1 unspecified atom stereocenters. The Morgan fingerprint density at radius 1 is 1.50 bits per heavy atom. The second-order valence-corrected chi connectivity index (χ2v) is 4.20. The van der Waals surface area contributed by atoms with Gasteiger partial charge < -0.3 is 16.0 Å². The maximum atomic E-state index is 5.73. The van der Waals surface area contributed by atoms with Crippen molar-refractivity contribution in [3.63, 3.8) is 0 Å². The second-order valence-electron chi connectivity index (χ2n) is 4.20. The minimum absolute atomic E-state index is 0. The van der Waals surface area contributed by atoms with Gasteiger partial charge in [0.05, 0.1) is 0 Å². The minimum Gasteiger partial charge on any atom is -0.370 e. The minimum atomic E-state index is 0. The van der Waals surface area contributed by atoms with Crippen LogP contribution in [0.1, 0.15) is 26.7 Å². The third-order valence-electron chi connectivity index (χ3n) is 2.89. The van der Waals surface area contributed by atoms with E-state index in [1.165, 1.54) is 19.5 Å². The van der Waals surface area contributed by atoms with Gasteiger partial charge in [0.2, 0.25) is 0 Å². The Morgan fingerprint density at radius 3 is 2.81 bits per heavy atom. The molecule has 0 amide bonds. The Bertz CT molecular complexity index is 208. The number of hydrogen-bond acceptors (Lipinski definition) is 2. The Balaban J connectivity index is 0.00000225. The SMILES string of the molecule is CCCNC(N)=NCC1CCN(CC)C1.I. The smallest absolute Gasteiger partial charge is 0.188 e. The van der Waals surface area contributed by atoms with E-state index in [9.17, 15) is 0 Å². The highest BCUT2D eigenvalue weighted by molar-refractivity contribution is 14.0. The van der Waals surface area contributed by atoms with Crippen molar-refractivity contribution in [2.24, 2.45) is 16.6 Å². The Morgan fingerprint density at radius 2 is 2.25 bits per heavy atom. The molecule has 0 bridgehead atoms. The number of hydrogen-bond donors (Lipinski definition) is 2. The zero-order valence-electron chi connectivity index (χ0n) is 10.4. The van der Waals surface area contributed by atoms with Gasteiger partial charge in [-0.15, -0.1) is 24.0 Å². The summed E-state index contributed by atoms with van der Waals surface area (Å²) in [6, 6.07) is 0. The van der Waals surface area contributed by atoms with Gasteiger partial charge in [-0.1, -0.05) is 13.8 Å². The summed E-state index contributed by atoms with van der Waals surface area (Å²) in [5.41, 5.74) is 5.73. The second kappa shape index (κ2) is 9.04. The van der Waals surface area contributed by atoms with E-state index in [1.807, 2.05) is 0 Å². The Labute approximate surface area is 116 Å². The van der Waals surface area contributed by atoms with Crippen LogP contribution >= 0.6 is 24.0 Å². The molecule has 1 rings (SSSR count). The molecule has 0 saturated carbocycles. The molecule has 1 aliphatic rings. The summed E-state index contributed by atoms with van der Waals surface area (Å²) < 4.78 is 0. The average Bonchev–Trinajstić information content (AvgIpc) is 2.71. The lowest BCUT2D eigenvalue weighted by Crippen LogP contribution is -2.32. The van der Waals surface area contributed by atoms with Crippen LogP contribution in [-0.2, 0) is 0 Å². The van der Waals surface area contributed by atoms with Crippen LogP contribution in [0.25, 0.3) is 0 Å². The summed E-state index contributed by atoms with van der Waals surface area (Å²) in [4.78, 5) is 6.84. The zero-order valence-corrected chi connectivity index (χ0v) is 12.7. The number of rotatable bonds is 5. The highest BCUT2D eigenvalue weighted by atomic mass is 127. The van der Waals surface area contributed by atoms with Crippen LogP contribution in [0.3, 0.4) is 0 Å². The fourth-order valence-electron chi connectivity index (χ4n) is 1.89. The molecule has 0 aromatic heterocycles. The van der Waals surface area contributed by atoms with E-state index in [1.54, 1.807) is 0 Å². The van der Waals surface area contributed by atoms with E-state index >= 15 is 0 Å². The molecular formula is C11H25IN4. The molecule has 1 fully saturated rings. The van der Waals surface area contributed by atoms with Gasteiger partial charge in [0, 0.05) is 19.6 Å². The van der Waals surface area contributed by atoms with Crippen molar-refractivity contribution in [1.82, 2.24) is 10.2 Å². The van der Waals surface area contributed by atoms with Crippen LogP contribution in [0.5, 0.6) is 0 Å². The molecule has 0 radical (unpaired) electrons. The summed E-state index contributed by atoms with van der Waals surface area (Å²) in [5.74, 6) is 1.30. The van der Waals surface area contributed by atoms with Gasteiger partial charge in [-0.05, 0) is 31.8 Å². The quantitative estimate of drug-likeness (QED) is 0.450. The number of aliphatic imine (C=N–C) groups is 1. The molecule has 0 aromatic carbocycles. The van der Waals surface area contributed by atoms with E-state index in [0.717, 1.165) is 26.1 Å². The van der Waals surface area contributed by atoms with E-state index in [4.69, 9.17) is 5.73 Å². The molecule has 1 atom stereocenters. The number of guanidine groups is 1. The van der Waals surface area contributed by atoms with E-state index in [0.29, 0.717) is 11.9 Å². The van der Waals surface area contributed by atoms with Crippen LogP contribution in [0.4, 0.5) is 0 Å². The molecule has 0 aliphatic carbocycles. The van der Waals surface area contributed by atoms with Crippen LogP contribution in [-0.4, -0.2) is 43.6 Å². The lowest BCUT2D eigenvalue weighted by Gasteiger charge is -2.11. The summed E-state index contributed by atoms with van der Waals surface area (Å²) in [6.07, 6.45) is 2.35.